The van der Waals surface area contributed by atoms with Gasteiger partial charge >= 0.3 is 0 Å². The number of anilines is 1. The maximum absolute atomic E-state index is 13.0. The Hall–Kier alpha value is -1.84. The minimum absolute atomic E-state index is 0.0208. The van der Waals surface area contributed by atoms with Crippen LogP contribution in [0.3, 0.4) is 0 Å². The van der Waals surface area contributed by atoms with Crippen LogP contribution in [0.5, 0.6) is 0 Å². The highest BCUT2D eigenvalue weighted by Crippen LogP contribution is 2.19. The minimum atomic E-state index is -0.488. The molecule has 102 valence electrons. The van der Waals surface area contributed by atoms with Gasteiger partial charge in [0.25, 0.3) is 0 Å². The van der Waals surface area contributed by atoms with Gasteiger partial charge in [0.15, 0.2) is 5.78 Å². The second-order valence-electron chi connectivity index (χ2n) is 3.98. The Morgan fingerprint density at radius 1 is 1.10 bits per heavy atom. The molecule has 20 heavy (non-hydrogen) atoms. The van der Waals surface area contributed by atoms with Crippen molar-refractivity contribution in [2.24, 2.45) is 0 Å². The Morgan fingerprint density at radius 2 is 1.80 bits per heavy atom. The van der Waals surface area contributed by atoms with E-state index in [-0.39, 0.29) is 10.8 Å². The van der Waals surface area contributed by atoms with Crippen molar-refractivity contribution in [3.8, 4) is 0 Å². The predicted octanol–water partition coefficient (Wildman–Crippen LogP) is 4.94. The normalized spacial score (nSPS) is 10.8. The smallest absolute Gasteiger partial charge is 0.187 e. The molecule has 0 fully saturated rings. The lowest BCUT2D eigenvalue weighted by Crippen LogP contribution is -1.96. The van der Waals surface area contributed by atoms with Crippen molar-refractivity contribution in [1.29, 1.82) is 0 Å². The van der Waals surface area contributed by atoms with E-state index >= 15 is 0 Å². The van der Waals surface area contributed by atoms with Gasteiger partial charge in [0, 0.05) is 28.5 Å². The standard InChI is InChI=1S/C15H10Cl2FNO/c16-11-3-1-10(2-4-11)15(20)7-8-19-12-5-6-14(18)13(17)9-12/h1-9,19H. The second-order valence-corrected chi connectivity index (χ2v) is 4.82. The molecule has 0 spiro atoms. The van der Waals surface area contributed by atoms with Crippen LogP contribution in [0.4, 0.5) is 10.1 Å². The monoisotopic (exact) mass is 309 g/mol. The Labute approximate surface area is 125 Å². The first-order valence-electron chi connectivity index (χ1n) is 5.74. The van der Waals surface area contributed by atoms with E-state index in [0.29, 0.717) is 16.3 Å². The van der Waals surface area contributed by atoms with Crippen LogP contribution in [0.15, 0.2) is 54.7 Å². The minimum Gasteiger partial charge on any atom is -0.361 e. The van der Waals surface area contributed by atoms with E-state index < -0.39 is 5.82 Å². The van der Waals surface area contributed by atoms with E-state index in [4.69, 9.17) is 23.2 Å². The summed E-state index contributed by atoms with van der Waals surface area (Å²) >= 11 is 11.4. The number of halogens is 3. The van der Waals surface area contributed by atoms with Crippen molar-refractivity contribution in [3.63, 3.8) is 0 Å². The first-order valence-corrected chi connectivity index (χ1v) is 6.50. The van der Waals surface area contributed by atoms with Gasteiger partial charge < -0.3 is 5.32 Å². The summed E-state index contributed by atoms with van der Waals surface area (Å²) in [7, 11) is 0. The fourth-order valence-electron chi connectivity index (χ4n) is 1.51. The van der Waals surface area contributed by atoms with Crippen LogP contribution in [0, 0.1) is 5.82 Å². The Kier molecular flexibility index (Phi) is 4.77. The first kappa shape index (κ1) is 14.6. The van der Waals surface area contributed by atoms with Gasteiger partial charge in [-0.25, -0.2) is 4.39 Å². The van der Waals surface area contributed by atoms with E-state index in [1.807, 2.05) is 0 Å². The van der Waals surface area contributed by atoms with E-state index in [1.54, 1.807) is 24.3 Å². The molecule has 1 N–H and O–H groups in total. The molecule has 0 aromatic heterocycles. The largest absolute Gasteiger partial charge is 0.361 e. The molecule has 5 heteroatoms. The van der Waals surface area contributed by atoms with E-state index in [1.165, 1.54) is 30.5 Å². The van der Waals surface area contributed by atoms with Crippen LogP contribution in [0.1, 0.15) is 10.4 Å². The summed E-state index contributed by atoms with van der Waals surface area (Å²) in [6.45, 7) is 0. The third-order valence-corrected chi connectivity index (χ3v) is 3.07. The maximum Gasteiger partial charge on any atom is 0.187 e. The number of rotatable bonds is 4. The van der Waals surface area contributed by atoms with Crippen molar-refractivity contribution in [2.45, 2.75) is 0 Å². The van der Waals surface area contributed by atoms with Crippen molar-refractivity contribution in [1.82, 2.24) is 0 Å². The lowest BCUT2D eigenvalue weighted by molar-refractivity contribution is 0.104. The number of ketones is 1. The highest BCUT2D eigenvalue weighted by Gasteiger charge is 2.01. The van der Waals surface area contributed by atoms with Gasteiger partial charge in [-0.15, -0.1) is 0 Å². The van der Waals surface area contributed by atoms with Gasteiger partial charge in [-0.05, 0) is 42.5 Å². The summed E-state index contributed by atoms with van der Waals surface area (Å²) in [4.78, 5) is 11.8. The zero-order chi connectivity index (χ0) is 14.5. The zero-order valence-electron chi connectivity index (χ0n) is 10.2. The van der Waals surface area contributed by atoms with E-state index in [9.17, 15) is 9.18 Å². The molecule has 0 unspecified atom stereocenters. The molecule has 0 heterocycles. The number of nitrogens with one attached hydrogen (secondary N) is 1. The summed E-state index contributed by atoms with van der Waals surface area (Å²) in [6.07, 6.45) is 2.85. The third kappa shape index (κ3) is 3.83. The fraction of sp³-hybridized carbons (Fsp3) is 0. The average Bonchev–Trinajstić information content (AvgIpc) is 2.43. The van der Waals surface area contributed by atoms with Crippen LogP contribution < -0.4 is 5.32 Å². The van der Waals surface area contributed by atoms with Crippen LogP contribution in [0.2, 0.25) is 10.0 Å². The molecular formula is C15H10Cl2FNO. The summed E-state index contributed by atoms with van der Waals surface area (Å²) in [5.41, 5.74) is 1.13. The molecule has 2 aromatic carbocycles. The number of hydrogen-bond acceptors (Lipinski definition) is 2. The molecule has 0 atom stereocenters. The number of carbonyl (C=O) groups excluding carboxylic acids is 1. The highest BCUT2D eigenvalue weighted by atomic mass is 35.5. The number of benzene rings is 2. The average molecular weight is 310 g/mol. The molecule has 0 aliphatic carbocycles. The van der Waals surface area contributed by atoms with E-state index in [0.717, 1.165) is 0 Å². The van der Waals surface area contributed by atoms with Crippen LogP contribution in [0.25, 0.3) is 0 Å². The Bertz CT molecular complexity index is 653. The lowest BCUT2D eigenvalue weighted by Gasteiger charge is -2.01. The molecule has 0 saturated heterocycles. The van der Waals surface area contributed by atoms with Crippen LogP contribution >= 0.6 is 23.2 Å². The molecule has 0 aliphatic rings. The number of carbonyl (C=O) groups is 1. The third-order valence-electron chi connectivity index (χ3n) is 2.53. The highest BCUT2D eigenvalue weighted by molar-refractivity contribution is 6.31. The molecule has 0 aliphatic heterocycles. The van der Waals surface area contributed by atoms with Crippen LogP contribution in [-0.4, -0.2) is 5.78 Å². The number of allylic oxidation sites excluding steroid dienone is 1. The summed E-state index contributed by atoms with van der Waals surface area (Å²) in [5, 5.41) is 3.44. The van der Waals surface area contributed by atoms with Gasteiger partial charge in [0.1, 0.15) is 5.82 Å². The van der Waals surface area contributed by atoms with Crippen molar-refractivity contribution in [2.75, 3.05) is 5.32 Å². The van der Waals surface area contributed by atoms with Gasteiger partial charge in [-0.3, -0.25) is 4.79 Å². The van der Waals surface area contributed by atoms with Gasteiger partial charge in [0.05, 0.1) is 5.02 Å². The second kappa shape index (κ2) is 6.55. The Morgan fingerprint density at radius 3 is 2.45 bits per heavy atom. The first-order chi connectivity index (χ1) is 9.56. The SMILES string of the molecule is O=C(C=CNc1ccc(F)c(Cl)c1)c1ccc(Cl)cc1. The molecule has 2 nitrogen and oxygen atoms in total. The quantitative estimate of drug-likeness (QED) is 0.640. The van der Waals surface area contributed by atoms with Gasteiger partial charge in [0.2, 0.25) is 0 Å². The zero-order valence-corrected chi connectivity index (χ0v) is 11.8. The lowest BCUT2D eigenvalue weighted by atomic mass is 10.1. The summed E-state index contributed by atoms with van der Waals surface area (Å²) in [5.74, 6) is -0.652. The molecule has 2 aromatic rings. The molecule has 0 bridgehead atoms. The Balaban J connectivity index is 2.00. The topological polar surface area (TPSA) is 29.1 Å². The van der Waals surface area contributed by atoms with Gasteiger partial charge in [-0.2, -0.15) is 0 Å². The fourth-order valence-corrected chi connectivity index (χ4v) is 1.82. The number of hydrogen-bond donors (Lipinski definition) is 1. The summed E-state index contributed by atoms with van der Waals surface area (Å²) in [6, 6.07) is 10.8. The van der Waals surface area contributed by atoms with Crippen molar-refractivity contribution >= 4 is 34.7 Å². The molecule has 2 rings (SSSR count). The molecule has 0 saturated carbocycles. The molecule has 0 radical (unpaired) electrons. The van der Waals surface area contributed by atoms with Gasteiger partial charge in [-0.1, -0.05) is 23.2 Å². The summed E-state index contributed by atoms with van der Waals surface area (Å²) < 4.78 is 13.0. The molecular weight excluding hydrogens is 300 g/mol. The maximum atomic E-state index is 13.0. The van der Waals surface area contributed by atoms with Crippen molar-refractivity contribution in [3.05, 3.63) is 76.2 Å². The van der Waals surface area contributed by atoms with Crippen LogP contribution in [-0.2, 0) is 0 Å². The van der Waals surface area contributed by atoms with E-state index in [2.05, 4.69) is 5.32 Å². The predicted molar refractivity (Wildman–Crippen MR) is 80.0 cm³/mol. The van der Waals surface area contributed by atoms with Crippen molar-refractivity contribution < 1.29 is 9.18 Å². The molecule has 0 amide bonds.